The number of hydrogen-bond donors (Lipinski definition) is 3. The van der Waals surface area contributed by atoms with Gasteiger partial charge in [0, 0.05) is 6.16 Å². The Bertz CT molecular complexity index is 191. The first-order chi connectivity index (χ1) is 6.08. The van der Waals surface area contributed by atoms with Gasteiger partial charge in [-0.1, -0.05) is 0 Å². The third-order valence-corrected chi connectivity index (χ3v) is 3.42. The molecule has 1 fully saturated rings. The van der Waals surface area contributed by atoms with Crippen molar-refractivity contribution in [3.8, 4) is 0 Å². The van der Waals surface area contributed by atoms with Gasteiger partial charge in [0.1, 0.15) is 0 Å². The topological polar surface area (TPSA) is 69.6 Å². The molecule has 86 valence electrons. The van der Waals surface area contributed by atoms with Crippen molar-refractivity contribution in [3.05, 3.63) is 0 Å². The Balaban J connectivity index is 0.00000169. The van der Waals surface area contributed by atoms with Gasteiger partial charge in [0.2, 0.25) is 0 Å². The molecule has 0 unspecified atom stereocenters. The van der Waals surface area contributed by atoms with E-state index in [4.69, 9.17) is 9.79 Å². The Kier molecular flexibility index (Phi) is 7.00. The molecule has 3 N–H and O–H groups in total. The van der Waals surface area contributed by atoms with E-state index in [1.54, 1.807) is 0 Å². The second-order valence-corrected chi connectivity index (χ2v) is 5.50. The van der Waals surface area contributed by atoms with Crippen LogP contribution in [0, 0.1) is 5.92 Å². The minimum Gasteiger partial charge on any atom is -0.324 e. The molecule has 0 spiro atoms. The monoisotopic (exact) mass is 243 g/mol. The van der Waals surface area contributed by atoms with E-state index in [1.807, 2.05) is 0 Å². The van der Waals surface area contributed by atoms with Crippen molar-refractivity contribution in [2.45, 2.75) is 25.7 Å². The number of piperidine rings is 1. The molecule has 14 heavy (non-hydrogen) atoms. The standard InChI is InChI=1S/C8H18NO3P.ClH/c10-13(11,12)7-1-2-8-3-5-9-6-4-8;/h8-9H,1-7H2,(H2,10,11,12);1H. The van der Waals surface area contributed by atoms with Gasteiger partial charge in [-0.05, 0) is 44.7 Å². The van der Waals surface area contributed by atoms with E-state index in [1.165, 1.54) is 0 Å². The highest BCUT2D eigenvalue weighted by molar-refractivity contribution is 7.51. The van der Waals surface area contributed by atoms with Gasteiger partial charge in [-0.25, -0.2) is 0 Å². The summed E-state index contributed by atoms with van der Waals surface area (Å²) in [5.74, 6) is 0.674. The Hall–Kier alpha value is 0.400. The van der Waals surface area contributed by atoms with Gasteiger partial charge < -0.3 is 15.1 Å². The van der Waals surface area contributed by atoms with Gasteiger partial charge in [-0.3, -0.25) is 4.57 Å². The third kappa shape index (κ3) is 6.80. The average molecular weight is 244 g/mol. The van der Waals surface area contributed by atoms with Crippen LogP contribution in [0.5, 0.6) is 0 Å². The fourth-order valence-corrected chi connectivity index (χ4v) is 2.35. The SMILES string of the molecule is Cl.O=P(O)(O)CCCC1CCNCC1. The van der Waals surface area contributed by atoms with Crippen molar-refractivity contribution in [2.75, 3.05) is 19.3 Å². The summed E-state index contributed by atoms with van der Waals surface area (Å²) in [6.45, 7) is 2.11. The fourth-order valence-electron chi connectivity index (χ4n) is 1.76. The summed E-state index contributed by atoms with van der Waals surface area (Å²) in [6, 6.07) is 0. The van der Waals surface area contributed by atoms with Gasteiger partial charge in [0.05, 0.1) is 0 Å². The zero-order valence-corrected chi connectivity index (χ0v) is 9.90. The van der Waals surface area contributed by atoms with E-state index in [9.17, 15) is 4.57 Å². The lowest BCUT2D eigenvalue weighted by molar-refractivity contribution is 0.340. The van der Waals surface area contributed by atoms with Crippen LogP contribution >= 0.6 is 20.0 Å². The van der Waals surface area contributed by atoms with Crippen LogP contribution in [0.4, 0.5) is 0 Å². The summed E-state index contributed by atoms with van der Waals surface area (Å²) in [5.41, 5.74) is 0. The smallest absolute Gasteiger partial charge is 0.324 e. The number of rotatable bonds is 4. The summed E-state index contributed by atoms with van der Waals surface area (Å²) >= 11 is 0. The van der Waals surface area contributed by atoms with Crippen molar-refractivity contribution >= 4 is 20.0 Å². The van der Waals surface area contributed by atoms with Crippen LogP contribution in [0.2, 0.25) is 0 Å². The minimum absolute atomic E-state index is 0. The summed E-state index contributed by atoms with van der Waals surface area (Å²) in [7, 11) is -3.75. The van der Waals surface area contributed by atoms with Gasteiger partial charge in [0.15, 0.2) is 0 Å². The lowest BCUT2D eigenvalue weighted by Gasteiger charge is -2.22. The maximum Gasteiger partial charge on any atom is 0.325 e. The number of halogens is 1. The van der Waals surface area contributed by atoms with E-state index < -0.39 is 7.60 Å². The van der Waals surface area contributed by atoms with Crippen LogP contribution in [0.1, 0.15) is 25.7 Å². The van der Waals surface area contributed by atoms with Gasteiger partial charge >= 0.3 is 7.60 Å². The van der Waals surface area contributed by atoms with Crippen molar-refractivity contribution in [1.29, 1.82) is 0 Å². The predicted octanol–water partition coefficient (Wildman–Crippen LogP) is 1.37. The van der Waals surface area contributed by atoms with E-state index >= 15 is 0 Å². The molecule has 0 saturated carbocycles. The van der Waals surface area contributed by atoms with E-state index in [-0.39, 0.29) is 18.6 Å². The van der Waals surface area contributed by atoms with Crippen LogP contribution in [0.15, 0.2) is 0 Å². The highest BCUT2D eigenvalue weighted by Crippen LogP contribution is 2.36. The lowest BCUT2D eigenvalue weighted by Crippen LogP contribution is -2.27. The van der Waals surface area contributed by atoms with Gasteiger partial charge in [0.25, 0.3) is 0 Å². The van der Waals surface area contributed by atoms with Crippen molar-refractivity contribution in [3.63, 3.8) is 0 Å². The van der Waals surface area contributed by atoms with Crippen LogP contribution in [-0.4, -0.2) is 29.0 Å². The number of hydrogen-bond acceptors (Lipinski definition) is 2. The molecule has 4 nitrogen and oxygen atoms in total. The summed E-state index contributed by atoms with van der Waals surface area (Å²) in [5, 5.41) is 3.27. The molecule has 1 saturated heterocycles. The highest BCUT2D eigenvalue weighted by atomic mass is 35.5. The molecule has 1 heterocycles. The molecule has 0 radical (unpaired) electrons. The van der Waals surface area contributed by atoms with Gasteiger partial charge in [-0.2, -0.15) is 0 Å². The second kappa shape index (κ2) is 6.81. The van der Waals surface area contributed by atoms with Crippen molar-refractivity contribution in [1.82, 2.24) is 5.32 Å². The predicted molar refractivity (Wildman–Crippen MR) is 59.0 cm³/mol. The first-order valence-electron chi connectivity index (χ1n) is 4.83. The first kappa shape index (κ1) is 14.4. The first-order valence-corrected chi connectivity index (χ1v) is 6.63. The van der Waals surface area contributed by atoms with Crippen LogP contribution in [0.3, 0.4) is 0 Å². The summed E-state index contributed by atoms with van der Waals surface area (Å²) in [6.07, 6.45) is 3.99. The summed E-state index contributed by atoms with van der Waals surface area (Å²) in [4.78, 5) is 17.3. The van der Waals surface area contributed by atoms with Crippen LogP contribution < -0.4 is 5.32 Å². The molecular weight excluding hydrogens is 225 g/mol. The maximum atomic E-state index is 10.6. The molecule has 0 aromatic heterocycles. The normalized spacial score (nSPS) is 19.0. The lowest BCUT2D eigenvalue weighted by atomic mass is 9.94. The Morgan fingerprint density at radius 1 is 1.29 bits per heavy atom. The van der Waals surface area contributed by atoms with Crippen LogP contribution in [-0.2, 0) is 4.57 Å². The third-order valence-electron chi connectivity index (χ3n) is 2.52. The van der Waals surface area contributed by atoms with Gasteiger partial charge in [-0.15, -0.1) is 12.4 Å². The molecule has 0 aromatic rings. The number of nitrogens with one attached hydrogen (secondary N) is 1. The molecule has 0 amide bonds. The zero-order chi connectivity index (χ0) is 9.73. The molecule has 0 bridgehead atoms. The molecule has 0 aromatic carbocycles. The van der Waals surface area contributed by atoms with E-state index in [0.717, 1.165) is 32.4 Å². The second-order valence-electron chi connectivity index (χ2n) is 3.72. The Morgan fingerprint density at radius 3 is 2.36 bits per heavy atom. The largest absolute Gasteiger partial charge is 0.325 e. The zero-order valence-electron chi connectivity index (χ0n) is 8.19. The summed E-state index contributed by atoms with van der Waals surface area (Å²) < 4.78 is 10.6. The van der Waals surface area contributed by atoms with E-state index in [2.05, 4.69) is 5.32 Å². The molecule has 0 atom stereocenters. The molecule has 0 aliphatic carbocycles. The molecule has 1 rings (SSSR count). The minimum atomic E-state index is -3.75. The van der Waals surface area contributed by atoms with E-state index in [0.29, 0.717) is 12.3 Å². The molecular formula is C8H19ClNO3P. The maximum absolute atomic E-state index is 10.6. The van der Waals surface area contributed by atoms with Crippen molar-refractivity contribution < 1.29 is 14.4 Å². The fraction of sp³-hybridized carbons (Fsp3) is 1.00. The molecule has 6 heteroatoms. The molecule has 1 aliphatic heterocycles. The average Bonchev–Trinajstić information content (AvgIpc) is 2.04. The Morgan fingerprint density at radius 2 is 1.86 bits per heavy atom. The van der Waals surface area contributed by atoms with Crippen molar-refractivity contribution in [2.24, 2.45) is 5.92 Å². The quantitative estimate of drug-likeness (QED) is 0.653. The van der Waals surface area contributed by atoms with Crippen LogP contribution in [0.25, 0.3) is 0 Å². The highest BCUT2D eigenvalue weighted by Gasteiger charge is 2.16. The molecule has 1 aliphatic rings. The Labute approximate surface area is 91.0 Å².